The molecule has 2 heterocycles. The first-order valence-corrected chi connectivity index (χ1v) is 8.82. The number of esters is 1. The summed E-state index contributed by atoms with van der Waals surface area (Å²) in [6.45, 7) is 4.94. The largest absolute Gasteiger partial charge is 0.493 e. The molecule has 0 N–H and O–H groups in total. The number of Topliss-reactive ketones (excluding diaryl/α,β-unsaturated/α-hetero) is 1. The molecule has 0 aromatic heterocycles. The molecule has 0 bridgehead atoms. The topological polar surface area (TPSA) is 71.1 Å². The van der Waals surface area contributed by atoms with Gasteiger partial charge >= 0.3 is 5.97 Å². The highest BCUT2D eigenvalue weighted by molar-refractivity contribution is 6.00. The number of carbonyl (C=O) groups is 2. The van der Waals surface area contributed by atoms with Crippen molar-refractivity contribution in [1.82, 2.24) is 0 Å². The van der Waals surface area contributed by atoms with Gasteiger partial charge in [-0.15, -0.1) is 0 Å². The summed E-state index contributed by atoms with van der Waals surface area (Å²) in [5.74, 6) is 1.58. The van der Waals surface area contributed by atoms with Crippen LogP contribution in [0.15, 0.2) is 23.5 Å². The Balaban J connectivity index is 1.82. The third kappa shape index (κ3) is 2.83. The van der Waals surface area contributed by atoms with Crippen LogP contribution in [-0.4, -0.2) is 32.1 Å². The average Bonchev–Trinajstić information content (AvgIpc) is 2.58. The molecular weight excluding hydrogens is 336 g/mol. The van der Waals surface area contributed by atoms with Crippen molar-refractivity contribution in [2.45, 2.75) is 39.0 Å². The van der Waals surface area contributed by atoms with Crippen molar-refractivity contribution < 1.29 is 28.5 Å². The predicted molar refractivity (Wildman–Crippen MR) is 92.5 cm³/mol. The summed E-state index contributed by atoms with van der Waals surface area (Å²) in [4.78, 5) is 25.0. The molecule has 4 rings (SSSR count). The van der Waals surface area contributed by atoms with Gasteiger partial charge in [-0.3, -0.25) is 9.59 Å². The van der Waals surface area contributed by atoms with E-state index in [-0.39, 0.29) is 29.5 Å². The van der Waals surface area contributed by atoms with Crippen LogP contribution in [0.5, 0.6) is 17.2 Å². The van der Waals surface area contributed by atoms with Gasteiger partial charge in [-0.1, -0.05) is 13.8 Å². The van der Waals surface area contributed by atoms with Gasteiger partial charge in [-0.05, 0) is 23.1 Å². The number of methoxy groups -OCH3 is 1. The van der Waals surface area contributed by atoms with Gasteiger partial charge in [0.25, 0.3) is 0 Å². The van der Waals surface area contributed by atoms with Gasteiger partial charge in [-0.2, -0.15) is 0 Å². The fourth-order valence-electron chi connectivity index (χ4n) is 3.98. The van der Waals surface area contributed by atoms with Crippen LogP contribution in [-0.2, 0) is 14.3 Å². The summed E-state index contributed by atoms with van der Waals surface area (Å²) in [6.07, 6.45) is 1.16. The van der Waals surface area contributed by atoms with Crippen LogP contribution in [0.1, 0.15) is 44.6 Å². The number of carbonyl (C=O) groups excluding carboxylic acids is 2. The van der Waals surface area contributed by atoms with Crippen molar-refractivity contribution in [2.24, 2.45) is 5.41 Å². The molecule has 6 heteroatoms. The molecule has 0 saturated carbocycles. The Labute approximate surface area is 152 Å². The summed E-state index contributed by atoms with van der Waals surface area (Å²) in [6, 6.07) is 3.67. The van der Waals surface area contributed by atoms with Gasteiger partial charge in [-0.25, -0.2) is 0 Å². The van der Waals surface area contributed by atoms with Crippen LogP contribution in [0.3, 0.4) is 0 Å². The van der Waals surface area contributed by atoms with Gasteiger partial charge in [0.2, 0.25) is 5.75 Å². The van der Waals surface area contributed by atoms with Crippen LogP contribution >= 0.6 is 0 Å². The van der Waals surface area contributed by atoms with E-state index in [1.54, 1.807) is 7.11 Å². The van der Waals surface area contributed by atoms with Gasteiger partial charge in [0.15, 0.2) is 17.3 Å². The number of allylic oxidation sites excluding steroid dienone is 2. The van der Waals surface area contributed by atoms with E-state index in [1.807, 2.05) is 26.0 Å². The van der Waals surface area contributed by atoms with Crippen molar-refractivity contribution in [2.75, 3.05) is 20.3 Å². The molecule has 1 aromatic carbocycles. The number of hydrogen-bond donors (Lipinski definition) is 0. The van der Waals surface area contributed by atoms with Gasteiger partial charge < -0.3 is 18.9 Å². The molecule has 3 aliphatic rings. The minimum absolute atomic E-state index is 0.0441. The van der Waals surface area contributed by atoms with E-state index in [9.17, 15) is 9.59 Å². The first-order valence-electron chi connectivity index (χ1n) is 8.82. The molecule has 1 atom stereocenters. The Morgan fingerprint density at radius 2 is 1.88 bits per heavy atom. The highest BCUT2D eigenvalue weighted by Gasteiger charge is 2.42. The van der Waals surface area contributed by atoms with E-state index in [0.29, 0.717) is 54.6 Å². The second-order valence-corrected chi connectivity index (χ2v) is 7.76. The van der Waals surface area contributed by atoms with E-state index in [1.165, 1.54) is 0 Å². The van der Waals surface area contributed by atoms with E-state index in [0.717, 1.165) is 5.56 Å². The van der Waals surface area contributed by atoms with E-state index in [2.05, 4.69) is 0 Å². The number of benzene rings is 1. The Bertz CT molecular complexity index is 803. The number of fused-ring (bicyclic) bond motifs is 1. The monoisotopic (exact) mass is 358 g/mol. The third-order valence-corrected chi connectivity index (χ3v) is 5.09. The summed E-state index contributed by atoms with van der Waals surface area (Å²) in [5, 5.41) is 0. The van der Waals surface area contributed by atoms with Crippen LogP contribution < -0.4 is 14.2 Å². The van der Waals surface area contributed by atoms with Gasteiger partial charge in [0.1, 0.15) is 19.0 Å². The SMILES string of the molecule is COc1cc([C@H]2CC(=O)OC3=C2C(=O)CC(C)(C)C3)cc2c1OCCO2. The lowest BCUT2D eigenvalue weighted by Crippen LogP contribution is -2.34. The quantitative estimate of drug-likeness (QED) is 0.757. The second-order valence-electron chi connectivity index (χ2n) is 7.76. The number of rotatable bonds is 2. The minimum Gasteiger partial charge on any atom is -0.493 e. The van der Waals surface area contributed by atoms with Crippen LogP contribution in [0.4, 0.5) is 0 Å². The maximum Gasteiger partial charge on any atom is 0.311 e. The van der Waals surface area contributed by atoms with Crippen molar-refractivity contribution in [1.29, 1.82) is 0 Å². The van der Waals surface area contributed by atoms with Crippen LogP contribution in [0.2, 0.25) is 0 Å². The summed E-state index contributed by atoms with van der Waals surface area (Å²) in [5.41, 5.74) is 1.22. The first kappa shape index (κ1) is 16.9. The molecule has 0 fully saturated rings. The van der Waals surface area contributed by atoms with Gasteiger partial charge in [0, 0.05) is 24.3 Å². The van der Waals surface area contributed by atoms with E-state index in [4.69, 9.17) is 18.9 Å². The highest BCUT2D eigenvalue weighted by atomic mass is 16.6. The molecule has 0 amide bonds. The van der Waals surface area contributed by atoms with Crippen molar-refractivity contribution in [3.8, 4) is 17.2 Å². The third-order valence-electron chi connectivity index (χ3n) is 5.09. The van der Waals surface area contributed by atoms with Crippen LogP contribution in [0.25, 0.3) is 0 Å². The molecule has 2 aliphatic heterocycles. The standard InChI is InChI=1S/C20H22O6/c1-20(2)9-13(21)18-12(8-17(22)26-16(18)10-20)11-6-14(23-3)19-15(7-11)24-4-5-25-19/h6-7,12H,4-5,8-10H2,1-3H3/t12-/m1/s1. The van der Waals surface area contributed by atoms with Crippen molar-refractivity contribution in [3.63, 3.8) is 0 Å². The molecule has 6 nitrogen and oxygen atoms in total. The molecule has 0 unspecified atom stereocenters. The summed E-state index contributed by atoms with van der Waals surface area (Å²) in [7, 11) is 1.56. The zero-order valence-corrected chi connectivity index (χ0v) is 15.2. The van der Waals surface area contributed by atoms with E-state index >= 15 is 0 Å². The molecule has 138 valence electrons. The molecule has 0 saturated heterocycles. The Morgan fingerprint density at radius 1 is 1.12 bits per heavy atom. The normalized spacial score (nSPS) is 24.0. The predicted octanol–water partition coefficient (Wildman–Crippen LogP) is 3.14. The fourth-order valence-corrected chi connectivity index (χ4v) is 3.98. The van der Waals surface area contributed by atoms with Crippen molar-refractivity contribution in [3.05, 3.63) is 29.0 Å². The zero-order chi connectivity index (χ0) is 18.5. The van der Waals surface area contributed by atoms with Crippen molar-refractivity contribution >= 4 is 11.8 Å². The second kappa shape index (κ2) is 6.04. The first-order chi connectivity index (χ1) is 12.4. The number of ether oxygens (including phenoxy) is 4. The lowest BCUT2D eigenvalue weighted by atomic mass is 9.71. The zero-order valence-electron chi connectivity index (χ0n) is 15.2. The highest BCUT2D eigenvalue weighted by Crippen LogP contribution is 2.49. The summed E-state index contributed by atoms with van der Waals surface area (Å²) >= 11 is 0. The number of hydrogen-bond acceptors (Lipinski definition) is 6. The molecule has 0 radical (unpaired) electrons. The Kier molecular flexibility index (Phi) is 3.93. The summed E-state index contributed by atoms with van der Waals surface area (Å²) < 4.78 is 22.2. The number of ketones is 1. The lowest BCUT2D eigenvalue weighted by Gasteiger charge is -2.37. The maximum atomic E-state index is 12.8. The molecular formula is C20H22O6. The fraction of sp³-hybridized carbons (Fsp3) is 0.500. The average molecular weight is 358 g/mol. The smallest absolute Gasteiger partial charge is 0.311 e. The van der Waals surface area contributed by atoms with E-state index < -0.39 is 0 Å². The lowest BCUT2D eigenvalue weighted by molar-refractivity contribution is -0.142. The molecule has 1 aliphatic carbocycles. The Hall–Kier alpha value is -2.50. The molecule has 26 heavy (non-hydrogen) atoms. The van der Waals surface area contributed by atoms with Crippen LogP contribution in [0, 0.1) is 5.41 Å². The molecule has 0 spiro atoms. The van der Waals surface area contributed by atoms with Gasteiger partial charge in [0.05, 0.1) is 13.5 Å². The molecule has 1 aromatic rings. The Morgan fingerprint density at radius 3 is 2.65 bits per heavy atom. The minimum atomic E-state index is -0.348. The maximum absolute atomic E-state index is 12.8.